The molecule has 1 N–H and O–H groups in total. The summed E-state index contributed by atoms with van der Waals surface area (Å²) in [6, 6.07) is 3.91. The summed E-state index contributed by atoms with van der Waals surface area (Å²) >= 11 is 0. The van der Waals surface area contributed by atoms with Gasteiger partial charge in [0, 0.05) is 36.2 Å². The maximum absolute atomic E-state index is 11.8. The Labute approximate surface area is 129 Å². The summed E-state index contributed by atoms with van der Waals surface area (Å²) in [7, 11) is 0. The van der Waals surface area contributed by atoms with Crippen LogP contribution in [0.25, 0.3) is 5.57 Å². The van der Waals surface area contributed by atoms with Crippen LogP contribution in [-0.4, -0.2) is 24.2 Å². The van der Waals surface area contributed by atoms with E-state index in [1.807, 2.05) is 6.07 Å². The highest BCUT2D eigenvalue weighted by Crippen LogP contribution is 2.53. The van der Waals surface area contributed by atoms with Crippen molar-refractivity contribution in [1.29, 1.82) is 0 Å². The van der Waals surface area contributed by atoms with Crippen LogP contribution in [0.4, 0.5) is 5.69 Å². The smallest absolute Gasteiger partial charge is 0.336 e. The van der Waals surface area contributed by atoms with Crippen LogP contribution in [0.5, 0.6) is 0 Å². The maximum Gasteiger partial charge on any atom is 0.336 e. The molecule has 0 fully saturated rings. The Balaban J connectivity index is 1.80. The maximum atomic E-state index is 11.8. The molecule has 1 aromatic rings. The number of nitrogens with zero attached hydrogens (tertiary/aromatic N) is 1. The van der Waals surface area contributed by atoms with E-state index in [4.69, 9.17) is 0 Å². The van der Waals surface area contributed by atoms with Crippen LogP contribution < -0.4 is 4.90 Å². The van der Waals surface area contributed by atoms with Crippen LogP contribution in [0.1, 0.15) is 46.7 Å². The molecule has 22 heavy (non-hydrogen) atoms. The highest BCUT2D eigenvalue weighted by Gasteiger charge is 2.42. The first-order valence-corrected chi connectivity index (χ1v) is 8.26. The number of fused-ring (bicyclic) bond motifs is 4. The average Bonchev–Trinajstić information content (AvgIpc) is 3.15. The number of benzene rings is 1. The number of hydrogen-bond donors (Lipinski definition) is 1. The standard InChI is InChI=1S/C19H19NO2/c21-19(22)16-8-7-15-13-5-1-3-11(13)9-20-10-12-4-2-6-14(12)17(16)18(15)20/h1,5-8,11-13H,2-4,9-10H2,(H,21,22)/t11-,12-,13-/m0/s1. The summed E-state index contributed by atoms with van der Waals surface area (Å²) in [6.07, 6.45) is 10.3. The molecular weight excluding hydrogens is 274 g/mol. The van der Waals surface area contributed by atoms with E-state index in [0.717, 1.165) is 31.5 Å². The van der Waals surface area contributed by atoms with Crippen molar-refractivity contribution in [2.45, 2.75) is 25.2 Å². The van der Waals surface area contributed by atoms with Crippen molar-refractivity contribution >= 4 is 17.2 Å². The van der Waals surface area contributed by atoms with E-state index in [1.165, 1.54) is 23.2 Å². The van der Waals surface area contributed by atoms with E-state index in [-0.39, 0.29) is 0 Å². The lowest BCUT2D eigenvalue weighted by atomic mass is 9.76. The minimum absolute atomic E-state index is 0.478. The molecule has 2 aliphatic heterocycles. The fourth-order valence-electron chi connectivity index (χ4n) is 5.00. The first-order valence-electron chi connectivity index (χ1n) is 8.26. The van der Waals surface area contributed by atoms with Gasteiger partial charge in [0.1, 0.15) is 0 Å². The summed E-state index contributed by atoms with van der Waals surface area (Å²) in [6.45, 7) is 2.14. The van der Waals surface area contributed by atoms with Gasteiger partial charge in [-0.2, -0.15) is 0 Å². The van der Waals surface area contributed by atoms with Gasteiger partial charge in [0.2, 0.25) is 0 Å². The van der Waals surface area contributed by atoms with E-state index >= 15 is 0 Å². The molecule has 2 heterocycles. The Morgan fingerprint density at radius 1 is 1.27 bits per heavy atom. The molecule has 0 bridgehead atoms. The van der Waals surface area contributed by atoms with Crippen molar-refractivity contribution in [1.82, 2.24) is 0 Å². The van der Waals surface area contributed by atoms with Gasteiger partial charge in [0.25, 0.3) is 0 Å². The lowest BCUT2D eigenvalue weighted by Gasteiger charge is -2.45. The quantitative estimate of drug-likeness (QED) is 0.803. The second-order valence-electron chi connectivity index (χ2n) is 7.02. The van der Waals surface area contributed by atoms with Gasteiger partial charge >= 0.3 is 5.97 Å². The minimum atomic E-state index is -0.796. The Morgan fingerprint density at radius 2 is 2.18 bits per heavy atom. The van der Waals surface area contributed by atoms with E-state index in [0.29, 0.717) is 23.3 Å². The van der Waals surface area contributed by atoms with Gasteiger partial charge in [0.15, 0.2) is 0 Å². The van der Waals surface area contributed by atoms with Gasteiger partial charge in [-0.3, -0.25) is 0 Å². The molecule has 2 aliphatic carbocycles. The highest BCUT2D eigenvalue weighted by atomic mass is 16.4. The minimum Gasteiger partial charge on any atom is -0.478 e. The first-order chi connectivity index (χ1) is 10.7. The number of carbonyl (C=O) groups is 1. The SMILES string of the molecule is O=C(O)c1ccc2c3c1C1=CCC[C@H]1CN3C[C@@H]1CC=C[C@H]21. The molecule has 0 unspecified atom stereocenters. The number of aromatic carboxylic acids is 1. The number of hydrogen-bond acceptors (Lipinski definition) is 2. The molecular formula is C19H19NO2. The third-order valence-corrected chi connectivity index (χ3v) is 5.91. The Morgan fingerprint density at radius 3 is 3.05 bits per heavy atom. The van der Waals surface area contributed by atoms with Crippen LogP contribution in [0.15, 0.2) is 30.4 Å². The molecule has 4 aliphatic rings. The zero-order valence-electron chi connectivity index (χ0n) is 12.5. The third-order valence-electron chi connectivity index (χ3n) is 5.91. The Bertz CT molecular complexity index is 746. The normalized spacial score (nSPS) is 30.6. The average molecular weight is 293 g/mol. The zero-order valence-corrected chi connectivity index (χ0v) is 12.5. The van der Waals surface area contributed by atoms with Crippen LogP contribution in [0, 0.1) is 11.8 Å². The number of anilines is 1. The number of carboxylic acids is 1. The zero-order chi connectivity index (χ0) is 14.8. The van der Waals surface area contributed by atoms with Crippen molar-refractivity contribution in [2.75, 3.05) is 18.0 Å². The Hall–Kier alpha value is -2.03. The predicted octanol–water partition coefficient (Wildman–Crippen LogP) is 3.67. The summed E-state index contributed by atoms with van der Waals surface area (Å²) in [4.78, 5) is 14.2. The molecule has 112 valence electrons. The monoisotopic (exact) mass is 293 g/mol. The first kappa shape index (κ1) is 12.5. The second kappa shape index (κ2) is 4.25. The molecule has 3 nitrogen and oxygen atoms in total. The fourth-order valence-corrected chi connectivity index (χ4v) is 5.00. The molecule has 1 aromatic carbocycles. The van der Waals surface area contributed by atoms with Crippen molar-refractivity contribution in [3.8, 4) is 0 Å². The summed E-state index contributed by atoms with van der Waals surface area (Å²) in [5.41, 5.74) is 5.37. The lowest BCUT2D eigenvalue weighted by Crippen LogP contribution is -2.42. The fraction of sp³-hybridized carbons (Fsp3) is 0.421. The van der Waals surface area contributed by atoms with Crippen molar-refractivity contribution < 1.29 is 9.90 Å². The largest absolute Gasteiger partial charge is 0.478 e. The molecule has 0 aromatic heterocycles. The van der Waals surface area contributed by atoms with Gasteiger partial charge in [0.05, 0.1) is 5.56 Å². The number of rotatable bonds is 1. The molecule has 3 heteroatoms. The lowest BCUT2D eigenvalue weighted by molar-refractivity contribution is 0.0696. The topological polar surface area (TPSA) is 40.5 Å². The number of allylic oxidation sites excluding steroid dienone is 3. The summed E-state index contributed by atoms with van der Waals surface area (Å²) in [5.74, 6) is 0.872. The third kappa shape index (κ3) is 1.49. The van der Waals surface area contributed by atoms with Crippen molar-refractivity contribution in [2.24, 2.45) is 11.8 Å². The van der Waals surface area contributed by atoms with Gasteiger partial charge in [-0.1, -0.05) is 24.3 Å². The van der Waals surface area contributed by atoms with E-state index < -0.39 is 5.97 Å². The second-order valence-corrected chi connectivity index (χ2v) is 7.02. The van der Waals surface area contributed by atoms with Gasteiger partial charge in [-0.15, -0.1) is 0 Å². The van der Waals surface area contributed by atoms with E-state index in [2.05, 4.69) is 29.2 Å². The van der Waals surface area contributed by atoms with E-state index in [1.54, 1.807) is 0 Å². The summed E-state index contributed by atoms with van der Waals surface area (Å²) < 4.78 is 0. The molecule has 0 spiro atoms. The molecule has 0 amide bonds. The molecule has 0 radical (unpaired) electrons. The van der Waals surface area contributed by atoms with E-state index in [9.17, 15) is 9.90 Å². The van der Waals surface area contributed by atoms with Crippen molar-refractivity contribution in [3.05, 3.63) is 47.1 Å². The highest BCUT2D eigenvalue weighted by molar-refractivity contribution is 6.00. The molecule has 0 saturated heterocycles. The van der Waals surface area contributed by atoms with Gasteiger partial charge in [-0.25, -0.2) is 4.79 Å². The number of carboxylic acid groups (broad SMARTS) is 1. The van der Waals surface area contributed by atoms with Gasteiger partial charge < -0.3 is 10.0 Å². The van der Waals surface area contributed by atoms with Crippen LogP contribution in [-0.2, 0) is 0 Å². The van der Waals surface area contributed by atoms with Crippen LogP contribution in [0.3, 0.4) is 0 Å². The molecule has 5 rings (SSSR count). The summed E-state index contributed by atoms with van der Waals surface area (Å²) in [5, 5.41) is 9.66. The van der Waals surface area contributed by atoms with Crippen LogP contribution >= 0.6 is 0 Å². The predicted molar refractivity (Wildman–Crippen MR) is 86.3 cm³/mol. The van der Waals surface area contributed by atoms with Crippen molar-refractivity contribution in [3.63, 3.8) is 0 Å². The molecule has 0 saturated carbocycles. The Kier molecular flexibility index (Phi) is 2.42. The van der Waals surface area contributed by atoms with Gasteiger partial charge in [-0.05, 0) is 42.4 Å². The molecule has 3 atom stereocenters. The van der Waals surface area contributed by atoms with Crippen LogP contribution in [0.2, 0.25) is 0 Å².